The van der Waals surface area contributed by atoms with Gasteiger partial charge in [-0.3, -0.25) is 9.78 Å². The lowest BCUT2D eigenvalue weighted by atomic mass is 9.73. The Hall–Kier alpha value is -2.72. The zero-order chi connectivity index (χ0) is 20.9. The second-order valence-electron chi connectivity index (χ2n) is 8.47. The van der Waals surface area contributed by atoms with Gasteiger partial charge in [-0.15, -0.1) is 0 Å². The number of hydrogen-bond donors (Lipinski definition) is 1. The predicted octanol–water partition coefficient (Wildman–Crippen LogP) is 6.56. The molecule has 1 fully saturated rings. The maximum Gasteiger partial charge on any atom is 0.252 e. The summed E-state index contributed by atoms with van der Waals surface area (Å²) in [6.45, 7) is 1.77. The minimum atomic E-state index is -0.186. The van der Waals surface area contributed by atoms with Gasteiger partial charge in [0, 0.05) is 33.3 Å². The Morgan fingerprint density at radius 2 is 1.90 bits per heavy atom. The van der Waals surface area contributed by atoms with Crippen molar-refractivity contribution in [3.8, 4) is 0 Å². The summed E-state index contributed by atoms with van der Waals surface area (Å²) in [5.74, 6) is 0.148. The molecule has 0 atom stereocenters. The average molecular weight is 421 g/mol. The predicted molar refractivity (Wildman–Crippen MR) is 118 cm³/mol. The third-order valence-corrected chi connectivity index (χ3v) is 6.85. The molecule has 0 aliphatic heterocycles. The molecule has 0 bridgehead atoms. The molecule has 1 spiro atoms. The summed E-state index contributed by atoms with van der Waals surface area (Å²) in [4.78, 5) is 17.1. The van der Waals surface area contributed by atoms with Crippen LogP contribution in [0.2, 0.25) is 5.02 Å². The van der Waals surface area contributed by atoms with Gasteiger partial charge >= 0.3 is 0 Å². The molecule has 30 heavy (non-hydrogen) atoms. The molecule has 5 rings (SSSR count). The Morgan fingerprint density at radius 1 is 1.17 bits per heavy atom. The number of allylic oxidation sites excluding steroid dienone is 1. The molecule has 1 heterocycles. The van der Waals surface area contributed by atoms with E-state index < -0.39 is 0 Å². The Balaban J connectivity index is 1.27. The van der Waals surface area contributed by atoms with Crippen molar-refractivity contribution in [2.75, 3.05) is 5.32 Å². The van der Waals surface area contributed by atoms with E-state index in [4.69, 9.17) is 11.6 Å². The van der Waals surface area contributed by atoms with Gasteiger partial charge < -0.3 is 5.32 Å². The van der Waals surface area contributed by atoms with Gasteiger partial charge in [-0.25, -0.2) is 4.39 Å². The summed E-state index contributed by atoms with van der Waals surface area (Å²) in [6, 6.07) is 12.6. The molecule has 2 aromatic carbocycles. The smallest absolute Gasteiger partial charge is 0.252 e. The van der Waals surface area contributed by atoms with E-state index in [-0.39, 0.29) is 17.1 Å². The summed E-state index contributed by atoms with van der Waals surface area (Å²) in [5, 5.41) is 4.52. The van der Waals surface area contributed by atoms with Crippen LogP contribution in [0.3, 0.4) is 0 Å². The standard InChI is InChI=1S/C25H22ClFN2O/c1-15-12-23-20(13-22(15)27)19(8-11-28-23)16-6-9-25(10-7-16)14-21(25)24(30)29-18-4-2-17(26)3-5-18/h2-5,8,11-14,16H,6-7,9-10H2,1H3,(H,29,30). The first-order valence-electron chi connectivity index (χ1n) is 10.3. The third-order valence-electron chi connectivity index (χ3n) is 6.59. The van der Waals surface area contributed by atoms with Crippen LogP contribution in [0.5, 0.6) is 0 Å². The SMILES string of the molecule is Cc1cc2nccc(C3CCC4(C=C4C(=O)Nc4ccc(Cl)cc4)CC3)c2cc1F. The summed E-state index contributed by atoms with van der Waals surface area (Å²) in [6.07, 6.45) is 7.77. The molecule has 5 heteroatoms. The van der Waals surface area contributed by atoms with E-state index in [0.29, 0.717) is 16.5 Å². The molecule has 2 aliphatic carbocycles. The molecule has 3 nitrogen and oxygen atoms in total. The molecule has 2 aliphatic rings. The van der Waals surface area contributed by atoms with Crippen molar-refractivity contribution >= 4 is 34.1 Å². The maximum atomic E-state index is 14.2. The number of pyridine rings is 1. The highest BCUT2D eigenvalue weighted by atomic mass is 35.5. The van der Waals surface area contributed by atoms with E-state index in [1.807, 2.05) is 30.5 Å². The van der Waals surface area contributed by atoms with Crippen molar-refractivity contribution in [2.45, 2.75) is 38.5 Å². The van der Waals surface area contributed by atoms with E-state index in [0.717, 1.165) is 47.8 Å². The quantitative estimate of drug-likeness (QED) is 0.521. The van der Waals surface area contributed by atoms with Gasteiger partial charge in [-0.2, -0.15) is 0 Å². The summed E-state index contributed by atoms with van der Waals surface area (Å²) in [5.41, 5.74) is 4.20. The topological polar surface area (TPSA) is 42.0 Å². The molecule has 0 radical (unpaired) electrons. The van der Waals surface area contributed by atoms with Crippen molar-refractivity contribution < 1.29 is 9.18 Å². The van der Waals surface area contributed by atoms with Gasteiger partial charge in [0.1, 0.15) is 5.82 Å². The summed E-state index contributed by atoms with van der Waals surface area (Å²) in [7, 11) is 0. The van der Waals surface area contributed by atoms with Crippen molar-refractivity contribution in [1.29, 1.82) is 0 Å². The van der Waals surface area contributed by atoms with Crippen LogP contribution in [0.15, 0.2) is 60.3 Å². The maximum absolute atomic E-state index is 14.2. The number of aromatic nitrogens is 1. The van der Waals surface area contributed by atoms with Gasteiger partial charge in [-0.1, -0.05) is 17.7 Å². The number of carbonyl (C=O) groups is 1. The Labute approximate surface area is 180 Å². The van der Waals surface area contributed by atoms with Gasteiger partial charge in [0.15, 0.2) is 0 Å². The lowest BCUT2D eigenvalue weighted by Gasteiger charge is -2.31. The number of amides is 1. The minimum Gasteiger partial charge on any atom is -0.322 e. The molecule has 1 N–H and O–H groups in total. The number of fused-ring (bicyclic) bond motifs is 1. The zero-order valence-electron chi connectivity index (χ0n) is 16.7. The zero-order valence-corrected chi connectivity index (χ0v) is 17.5. The van der Waals surface area contributed by atoms with Gasteiger partial charge in [0.2, 0.25) is 0 Å². The lowest BCUT2D eigenvalue weighted by molar-refractivity contribution is -0.113. The lowest BCUT2D eigenvalue weighted by Crippen LogP contribution is -2.22. The number of hydrogen-bond acceptors (Lipinski definition) is 2. The molecular weight excluding hydrogens is 399 g/mol. The van der Waals surface area contributed by atoms with Gasteiger partial charge in [0.25, 0.3) is 5.91 Å². The largest absolute Gasteiger partial charge is 0.322 e. The van der Waals surface area contributed by atoms with Gasteiger partial charge in [0.05, 0.1) is 5.52 Å². The van der Waals surface area contributed by atoms with Gasteiger partial charge in [-0.05, 0) is 92.1 Å². The Morgan fingerprint density at radius 3 is 2.63 bits per heavy atom. The number of halogens is 2. The fraction of sp³-hybridized carbons (Fsp3) is 0.280. The Kier molecular flexibility index (Phi) is 4.62. The first kappa shape index (κ1) is 19.3. The molecule has 152 valence electrons. The highest BCUT2D eigenvalue weighted by Crippen LogP contribution is 2.57. The molecule has 1 aromatic heterocycles. The molecule has 3 aromatic rings. The second kappa shape index (κ2) is 7.21. The van der Waals surface area contributed by atoms with Crippen molar-refractivity contribution in [2.24, 2.45) is 5.41 Å². The second-order valence-corrected chi connectivity index (χ2v) is 8.90. The third kappa shape index (κ3) is 3.39. The van der Waals surface area contributed by atoms with E-state index >= 15 is 0 Å². The molecule has 0 saturated heterocycles. The molecule has 1 amide bonds. The number of nitrogens with zero attached hydrogens (tertiary/aromatic N) is 1. The van der Waals surface area contributed by atoms with Crippen LogP contribution in [-0.2, 0) is 4.79 Å². The average Bonchev–Trinajstić information content (AvgIpc) is 3.44. The number of benzene rings is 2. The van der Waals surface area contributed by atoms with E-state index in [9.17, 15) is 9.18 Å². The van der Waals surface area contributed by atoms with Crippen molar-refractivity contribution in [3.63, 3.8) is 0 Å². The van der Waals surface area contributed by atoms with Crippen LogP contribution in [-0.4, -0.2) is 10.9 Å². The first-order valence-corrected chi connectivity index (χ1v) is 10.7. The van der Waals surface area contributed by atoms with E-state index in [2.05, 4.69) is 16.4 Å². The number of nitrogens with one attached hydrogen (secondary N) is 1. The van der Waals surface area contributed by atoms with Crippen molar-refractivity contribution in [1.82, 2.24) is 4.98 Å². The fourth-order valence-corrected chi connectivity index (χ4v) is 4.90. The Bertz CT molecular complexity index is 1180. The number of rotatable bonds is 3. The molecule has 1 saturated carbocycles. The van der Waals surface area contributed by atoms with E-state index in [1.54, 1.807) is 25.1 Å². The number of aryl methyl sites for hydroxylation is 1. The highest BCUT2D eigenvalue weighted by Gasteiger charge is 2.49. The van der Waals surface area contributed by atoms with Crippen LogP contribution in [0, 0.1) is 18.2 Å². The summed E-state index contributed by atoms with van der Waals surface area (Å²) < 4.78 is 14.2. The highest BCUT2D eigenvalue weighted by molar-refractivity contribution is 6.30. The monoisotopic (exact) mass is 420 g/mol. The fourth-order valence-electron chi connectivity index (χ4n) is 4.77. The molecular formula is C25H22ClFN2O. The van der Waals surface area contributed by atoms with Crippen LogP contribution >= 0.6 is 11.6 Å². The van der Waals surface area contributed by atoms with Crippen molar-refractivity contribution in [3.05, 3.63) is 82.3 Å². The molecule has 0 unspecified atom stereocenters. The van der Waals surface area contributed by atoms with Crippen LogP contribution in [0.1, 0.15) is 42.7 Å². The first-order chi connectivity index (χ1) is 14.4. The summed E-state index contributed by atoms with van der Waals surface area (Å²) >= 11 is 5.91. The normalized spacial score (nSPS) is 22.8. The van der Waals surface area contributed by atoms with Crippen LogP contribution in [0.4, 0.5) is 10.1 Å². The van der Waals surface area contributed by atoms with Crippen LogP contribution in [0.25, 0.3) is 10.9 Å². The number of anilines is 1. The van der Waals surface area contributed by atoms with E-state index in [1.165, 1.54) is 5.56 Å². The van der Waals surface area contributed by atoms with Crippen LogP contribution < -0.4 is 5.32 Å². The number of carbonyl (C=O) groups excluding carboxylic acids is 1. The minimum absolute atomic E-state index is 0.0253.